The van der Waals surface area contributed by atoms with Crippen molar-refractivity contribution in [1.29, 1.82) is 0 Å². The van der Waals surface area contributed by atoms with Gasteiger partial charge in [0.25, 0.3) is 5.91 Å². The summed E-state index contributed by atoms with van der Waals surface area (Å²) in [6.45, 7) is 2.71. The summed E-state index contributed by atoms with van der Waals surface area (Å²) in [6.07, 6.45) is 0.864. The number of aryl methyl sites for hydroxylation is 1. The van der Waals surface area contributed by atoms with Crippen molar-refractivity contribution in [1.82, 2.24) is 4.57 Å². The van der Waals surface area contributed by atoms with Crippen LogP contribution < -0.4 is 4.80 Å². The average Bonchev–Trinajstić information content (AvgIpc) is 2.86. The van der Waals surface area contributed by atoms with E-state index in [0.29, 0.717) is 21.4 Å². The lowest BCUT2D eigenvalue weighted by Gasteiger charge is -2.03. The minimum absolute atomic E-state index is 0.246. The molecule has 3 nitrogen and oxygen atoms in total. The van der Waals surface area contributed by atoms with Crippen LogP contribution >= 0.6 is 34.5 Å². The van der Waals surface area contributed by atoms with Crippen LogP contribution in [0, 0.1) is 5.82 Å². The van der Waals surface area contributed by atoms with Crippen LogP contribution in [0.3, 0.4) is 0 Å². The van der Waals surface area contributed by atoms with E-state index < -0.39 is 5.91 Å². The Morgan fingerprint density at radius 2 is 2.04 bits per heavy atom. The Balaban J connectivity index is 2.16. The van der Waals surface area contributed by atoms with E-state index in [1.807, 2.05) is 11.5 Å². The maximum atomic E-state index is 13.5. The molecule has 0 N–H and O–H groups in total. The summed E-state index contributed by atoms with van der Waals surface area (Å²) in [6, 6.07) is 9.22. The van der Waals surface area contributed by atoms with E-state index in [0.717, 1.165) is 16.6 Å². The first-order chi connectivity index (χ1) is 11.5. The van der Waals surface area contributed by atoms with Crippen molar-refractivity contribution in [3.8, 4) is 0 Å². The van der Waals surface area contributed by atoms with Gasteiger partial charge >= 0.3 is 0 Å². The van der Waals surface area contributed by atoms with E-state index >= 15 is 0 Å². The van der Waals surface area contributed by atoms with Crippen molar-refractivity contribution >= 4 is 50.7 Å². The largest absolute Gasteiger partial charge is 0.316 e. The van der Waals surface area contributed by atoms with E-state index in [2.05, 4.69) is 4.99 Å². The van der Waals surface area contributed by atoms with Gasteiger partial charge in [0, 0.05) is 11.6 Å². The summed E-state index contributed by atoms with van der Waals surface area (Å²) in [5, 5.41) is 0.708. The maximum absolute atomic E-state index is 13.5. The zero-order chi connectivity index (χ0) is 17.3. The first-order valence-corrected chi connectivity index (χ1v) is 8.90. The van der Waals surface area contributed by atoms with Crippen molar-refractivity contribution in [3.05, 3.63) is 62.6 Å². The molecule has 24 heavy (non-hydrogen) atoms. The number of fused-ring (bicyclic) bond motifs is 1. The number of halogens is 3. The summed E-state index contributed by atoms with van der Waals surface area (Å²) in [4.78, 5) is 17.2. The van der Waals surface area contributed by atoms with Gasteiger partial charge in [-0.1, -0.05) is 41.5 Å². The molecule has 1 heterocycles. The third kappa shape index (κ3) is 3.38. The van der Waals surface area contributed by atoms with E-state index in [4.69, 9.17) is 23.2 Å². The SMILES string of the molecule is CCCn1c(=NC(=O)c2cc(Cl)ccc2Cl)sc2cc(F)ccc21. The molecule has 0 saturated heterocycles. The molecule has 0 atom stereocenters. The molecular weight excluding hydrogens is 370 g/mol. The highest BCUT2D eigenvalue weighted by atomic mass is 35.5. The van der Waals surface area contributed by atoms with E-state index in [-0.39, 0.29) is 11.4 Å². The van der Waals surface area contributed by atoms with Crippen molar-refractivity contribution in [2.24, 2.45) is 4.99 Å². The molecule has 1 amide bonds. The highest BCUT2D eigenvalue weighted by Gasteiger charge is 2.12. The van der Waals surface area contributed by atoms with Crippen molar-refractivity contribution in [2.45, 2.75) is 19.9 Å². The Labute approximate surface area is 152 Å². The zero-order valence-corrected chi connectivity index (χ0v) is 15.1. The Morgan fingerprint density at radius 1 is 1.25 bits per heavy atom. The fraction of sp³-hybridized carbons (Fsp3) is 0.176. The van der Waals surface area contributed by atoms with Crippen LogP contribution in [0.5, 0.6) is 0 Å². The first kappa shape index (κ1) is 17.1. The lowest BCUT2D eigenvalue weighted by molar-refractivity contribution is 0.0998. The fourth-order valence-electron chi connectivity index (χ4n) is 2.38. The van der Waals surface area contributed by atoms with E-state index in [9.17, 15) is 9.18 Å². The highest BCUT2D eigenvalue weighted by molar-refractivity contribution is 7.16. The van der Waals surface area contributed by atoms with Crippen LogP contribution in [-0.4, -0.2) is 10.5 Å². The van der Waals surface area contributed by atoms with Gasteiger partial charge in [-0.25, -0.2) is 4.39 Å². The van der Waals surface area contributed by atoms with Gasteiger partial charge in [0.15, 0.2) is 4.80 Å². The van der Waals surface area contributed by atoms with Crippen LogP contribution in [-0.2, 0) is 6.54 Å². The number of benzene rings is 2. The Bertz CT molecular complexity index is 994. The van der Waals surface area contributed by atoms with Crippen molar-refractivity contribution < 1.29 is 9.18 Å². The monoisotopic (exact) mass is 382 g/mol. The van der Waals surface area contributed by atoms with Crippen LogP contribution in [0.15, 0.2) is 41.4 Å². The number of carbonyl (C=O) groups is 1. The Morgan fingerprint density at radius 3 is 2.79 bits per heavy atom. The molecule has 3 aromatic rings. The van der Waals surface area contributed by atoms with Crippen LogP contribution in [0.25, 0.3) is 10.2 Å². The number of carbonyl (C=O) groups excluding carboxylic acids is 1. The number of rotatable bonds is 3. The second-order valence-electron chi connectivity index (χ2n) is 5.19. The third-order valence-corrected chi connectivity index (χ3v) is 5.05. The van der Waals surface area contributed by atoms with E-state index in [1.54, 1.807) is 18.2 Å². The van der Waals surface area contributed by atoms with Gasteiger partial charge in [-0.3, -0.25) is 4.79 Å². The molecule has 0 spiro atoms. The molecule has 3 rings (SSSR count). The molecule has 0 unspecified atom stereocenters. The molecule has 0 aliphatic rings. The van der Waals surface area contributed by atoms with Gasteiger partial charge in [-0.05, 0) is 42.8 Å². The summed E-state index contributed by atoms with van der Waals surface area (Å²) >= 11 is 13.3. The summed E-state index contributed by atoms with van der Waals surface area (Å²) in [7, 11) is 0. The van der Waals surface area contributed by atoms with Gasteiger partial charge in [0.05, 0.1) is 20.8 Å². The number of hydrogen-bond donors (Lipinski definition) is 0. The number of hydrogen-bond acceptors (Lipinski definition) is 2. The molecule has 7 heteroatoms. The number of aromatic nitrogens is 1. The lowest BCUT2D eigenvalue weighted by atomic mass is 10.2. The topological polar surface area (TPSA) is 34.4 Å². The minimum Gasteiger partial charge on any atom is -0.316 e. The van der Waals surface area contributed by atoms with Gasteiger partial charge in [0.2, 0.25) is 0 Å². The predicted octanol–water partition coefficient (Wildman–Crippen LogP) is 5.30. The van der Waals surface area contributed by atoms with Gasteiger partial charge < -0.3 is 4.57 Å². The molecule has 0 radical (unpaired) electrons. The van der Waals surface area contributed by atoms with Gasteiger partial charge in [-0.15, -0.1) is 0 Å². The highest BCUT2D eigenvalue weighted by Crippen LogP contribution is 2.22. The van der Waals surface area contributed by atoms with Crippen LogP contribution in [0.4, 0.5) is 4.39 Å². The third-order valence-electron chi connectivity index (χ3n) is 3.45. The Hall–Kier alpha value is -1.69. The molecule has 0 aliphatic heterocycles. The molecule has 0 bridgehead atoms. The molecule has 0 saturated carbocycles. The number of nitrogens with zero attached hydrogens (tertiary/aromatic N) is 2. The summed E-state index contributed by atoms with van der Waals surface area (Å²) in [5.74, 6) is -0.789. The van der Waals surface area contributed by atoms with E-state index in [1.165, 1.54) is 29.5 Å². The van der Waals surface area contributed by atoms with Crippen molar-refractivity contribution in [3.63, 3.8) is 0 Å². The Kier molecular flexibility index (Phi) is 5.04. The van der Waals surface area contributed by atoms with Crippen molar-refractivity contribution in [2.75, 3.05) is 0 Å². The smallest absolute Gasteiger partial charge is 0.281 e. The molecule has 124 valence electrons. The fourth-order valence-corrected chi connectivity index (χ4v) is 3.83. The molecular formula is C17H13Cl2FN2OS. The second kappa shape index (κ2) is 7.05. The second-order valence-corrected chi connectivity index (χ2v) is 7.04. The predicted molar refractivity (Wildman–Crippen MR) is 96.4 cm³/mol. The normalized spacial score (nSPS) is 12.1. The van der Waals surface area contributed by atoms with Gasteiger partial charge in [-0.2, -0.15) is 4.99 Å². The average molecular weight is 383 g/mol. The quantitative estimate of drug-likeness (QED) is 0.604. The summed E-state index contributed by atoms with van der Waals surface area (Å²) < 4.78 is 16.1. The molecule has 0 fully saturated rings. The zero-order valence-electron chi connectivity index (χ0n) is 12.7. The van der Waals surface area contributed by atoms with Gasteiger partial charge in [0.1, 0.15) is 5.82 Å². The molecule has 0 aliphatic carbocycles. The van der Waals surface area contributed by atoms with Crippen LogP contribution in [0.1, 0.15) is 23.7 Å². The number of amides is 1. The summed E-state index contributed by atoms with van der Waals surface area (Å²) in [5.41, 5.74) is 1.10. The molecule has 2 aromatic carbocycles. The minimum atomic E-state index is -0.473. The first-order valence-electron chi connectivity index (χ1n) is 7.32. The maximum Gasteiger partial charge on any atom is 0.281 e. The lowest BCUT2D eigenvalue weighted by Crippen LogP contribution is -2.17. The number of thiazole rings is 1. The van der Waals surface area contributed by atoms with Crippen LogP contribution in [0.2, 0.25) is 10.0 Å². The standard InChI is InChI=1S/C17H13Cl2FN2OS/c1-2-7-22-14-6-4-11(20)9-15(14)24-17(22)21-16(23)12-8-10(18)3-5-13(12)19/h3-6,8-9H,2,7H2,1H3. The molecule has 1 aromatic heterocycles.